The van der Waals surface area contributed by atoms with E-state index in [0.717, 1.165) is 4.88 Å². The molecule has 22 heavy (non-hydrogen) atoms. The number of hydrogen-bond donors (Lipinski definition) is 2. The molecular formula is C14H11N3O3S2. The summed E-state index contributed by atoms with van der Waals surface area (Å²) in [7, 11) is 0. The number of aromatic nitrogens is 1. The first-order valence-electron chi connectivity index (χ1n) is 6.33. The molecule has 0 atom stereocenters. The van der Waals surface area contributed by atoms with Crippen molar-refractivity contribution in [3.63, 3.8) is 0 Å². The van der Waals surface area contributed by atoms with Gasteiger partial charge in [0.2, 0.25) is 0 Å². The maximum Gasteiger partial charge on any atom is 0.302 e. The topological polar surface area (TPSA) is 84.2 Å². The zero-order valence-corrected chi connectivity index (χ0v) is 12.9. The third-order valence-electron chi connectivity index (χ3n) is 2.71. The maximum atomic E-state index is 11.9. The van der Waals surface area contributed by atoms with E-state index in [9.17, 15) is 9.59 Å². The van der Waals surface area contributed by atoms with E-state index in [1.54, 1.807) is 28.8 Å². The molecule has 0 aromatic carbocycles. The lowest BCUT2D eigenvalue weighted by atomic mass is 10.4. The fraction of sp³-hybridized carbons (Fsp3) is 0.0714. The molecule has 6 nitrogen and oxygen atoms in total. The highest BCUT2D eigenvalue weighted by molar-refractivity contribution is 7.12. The number of carbonyl (C=O) groups excluding carboxylic acids is 2. The summed E-state index contributed by atoms with van der Waals surface area (Å²) in [6, 6.07) is 7.32. The predicted molar refractivity (Wildman–Crippen MR) is 84.3 cm³/mol. The van der Waals surface area contributed by atoms with Gasteiger partial charge in [0, 0.05) is 4.88 Å². The van der Waals surface area contributed by atoms with Gasteiger partial charge in [-0.3, -0.25) is 14.9 Å². The number of amides is 2. The number of anilines is 1. The zero-order valence-electron chi connectivity index (χ0n) is 11.2. The molecule has 2 amide bonds. The van der Waals surface area contributed by atoms with Crippen molar-refractivity contribution in [3.05, 3.63) is 56.7 Å². The van der Waals surface area contributed by atoms with Crippen LogP contribution in [0.5, 0.6) is 0 Å². The van der Waals surface area contributed by atoms with Crippen LogP contribution in [0.2, 0.25) is 0 Å². The molecule has 3 rings (SSSR count). The molecule has 0 radical (unpaired) electrons. The van der Waals surface area contributed by atoms with E-state index in [0.29, 0.717) is 11.4 Å². The fourth-order valence-electron chi connectivity index (χ4n) is 1.67. The summed E-state index contributed by atoms with van der Waals surface area (Å²) in [5.41, 5.74) is 0.123. The highest BCUT2D eigenvalue weighted by atomic mass is 32.1. The van der Waals surface area contributed by atoms with Gasteiger partial charge in [-0.25, -0.2) is 0 Å². The summed E-state index contributed by atoms with van der Waals surface area (Å²) in [5, 5.41) is 8.98. The van der Waals surface area contributed by atoms with Gasteiger partial charge >= 0.3 is 6.01 Å². The molecule has 8 heteroatoms. The van der Waals surface area contributed by atoms with Gasteiger partial charge in [0.05, 0.1) is 11.4 Å². The second-order valence-electron chi connectivity index (χ2n) is 4.23. The molecular weight excluding hydrogens is 322 g/mol. The first-order valence-corrected chi connectivity index (χ1v) is 8.09. The highest BCUT2D eigenvalue weighted by Crippen LogP contribution is 2.13. The molecule has 3 aromatic rings. The van der Waals surface area contributed by atoms with E-state index in [-0.39, 0.29) is 23.5 Å². The molecule has 2 N–H and O–H groups in total. The van der Waals surface area contributed by atoms with Crippen LogP contribution < -0.4 is 10.6 Å². The van der Waals surface area contributed by atoms with Crippen LogP contribution in [0.1, 0.15) is 25.0 Å². The predicted octanol–water partition coefficient (Wildman–Crippen LogP) is 2.98. The van der Waals surface area contributed by atoms with Gasteiger partial charge in [-0.15, -0.1) is 22.7 Å². The lowest BCUT2D eigenvalue weighted by molar-refractivity contribution is 0.0945. The summed E-state index contributed by atoms with van der Waals surface area (Å²) in [5.74, 6) is -0.670. The number of oxazole rings is 1. The second-order valence-corrected chi connectivity index (χ2v) is 6.21. The summed E-state index contributed by atoms with van der Waals surface area (Å²) in [6.45, 7) is 0.431. The van der Waals surface area contributed by atoms with Crippen LogP contribution in [-0.2, 0) is 6.54 Å². The summed E-state index contributed by atoms with van der Waals surface area (Å²) < 4.78 is 5.09. The largest absolute Gasteiger partial charge is 0.431 e. The smallest absolute Gasteiger partial charge is 0.302 e. The Kier molecular flexibility index (Phi) is 4.31. The van der Waals surface area contributed by atoms with Crippen molar-refractivity contribution in [1.82, 2.24) is 10.3 Å². The van der Waals surface area contributed by atoms with Crippen molar-refractivity contribution >= 4 is 40.5 Å². The van der Waals surface area contributed by atoms with Crippen molar-refractivity contribution in [2.24, 2.45) is 0 Å². The van der Waals surface area contributed by atoms with Crippen molar-refractivity contribution in [1.29, 1.82) is 0 Å². The molecule has 0 aliphatic heterocycles. The van der Waals surface area contributed by atoms with Crippen LogP contribution in [0.25, 0.3) is 0 Å². The van der Waals surface area contributed by atoms with Crippen LogP contribution >= 0.6 is 22.7 Å². The maximum absolute atomic E-state index is 11.9. The van der Waals surface area contributed by atoms with Gasteiger partial charge in [-0.2, -0.15) is 4.98 Å². The molecule has 0 fully saturated rings. The molecule has 0 bridgehead atoms. The number of thiophene rings is 2. The van der Waals surface area contributed by atoms with Crippen LogP contribution in [0, 0.1) is 0 Å². The lowest BCUT2D eigenvalue weighted by Gasteiger charge is -1.99. The molecule has 3 heterocycles. The quantitative estimate of drug-likeness (QED) is 0.752. The SMILES string of the molecule is O=C(NCc1cccs1)c1coc(NC(=O)c2cccs2)n1. The summed E-state index contributed by atoms with van der Waals surface area (Å²) in [4.78, 5) is 29.3. The van der Waals surface area contributed by atoms with Gasteiger partial charge in [-0.05, 0) is 22.9 Å². The Bertz CT molecular complexity index is 763. The molecule has 0 spiro atoms. The number of rotatable bonds is 5. The normalized spacial score (nSPS) is 10.4. The van der Waals surface area contributed by atoms with E-state index < -0.39 is 0 Å². The van der Waals surface area contributed by atoms with Gasteiger partial charge < -0.3 is 9.73 Å². The third kappa shape index (κ3) is 3.41. The van der Waals surface area contributed by atoms with Gasteiger partial charge in [-0.1, -0.05) is 12.1 Å². The Morgan fingerprint density at radius 2 is 1.95 bits per heavy atom. The standard InChI is InChI=1S/C14H11N3O3S2/c18-12(15-7-9-3-1-5-21-9)10-8-20-14(16-10)17-13(19)11-4-2-6-22-11/h1-6,8H,7H2,(H,15,18)(H,16,17,19). The zero-order chi connectivity index (χ0) is 15.4. The van der Waals surface area contributed by atoms with E-state index in [4.69, 9.17) is 4.42 Å². The van der Waals surface area contributed by atoms with Crippen molar-refractivity contribution in [2.75, 3.05) is 5.32 Å². The van der Waals surface area contributed by atoms with Crippen LogP contribution in [-0.4, -0.2) is 16.8 Å². The fourth-order valence-corrected chi connectivity index (χ4v) is 2.94. The van der Waals surface area contributed by atoms with Gasteiger partial charge in [0.25, 0.3) is 11.8 Å². The average Bonchev–Trinajstić information content (AvgIpc) is 3.25. The average molecular weight is 333 g/mol. The Morgan fingerprint density at radius 1 is 1.14 bits per heavy atom. The van der Waals surface area contributed by atoms with Crippen molar-refractivity contribution < 1.29 is 14.0 Å². The van der Waals surface area contributed by atoms with Gasteiger partial charge in [0.1, 0.15) is 6.26 Å². The minimum Gasteiger partial charge on any atom is -0.431 e. The first kappa shape index (κ1) is 14.5. The van der Waals surface area contributed by atoms with E-state index in [1.807, 2.05) is 17.5 Å². The van der Waals surface area contributed by atoms with Crippen molar-refractivity contribution in [2.45, 2.75) is 6.54 Å². The van der Waals surface area contributed by atoms with Crippen molar-refractivity contribution in [3.8, 4) is 0 Å². The molecule has 0 aliphatic carbocycles. The summed E-state index contributed by atoms with van der Waals surface area (Å²) >= 11 is 2.87. The van der Waals surface area contributed by atoms with E-state index >= 15 is 0 Å². The second kappa shape index (κ2) is 6.54. The first-order chi connectivity index (χ1) is 10.7. The van der Waals surface area contributed by atoms with E-state index in [2.05, 4.69) is 15.6 Å². The Balaban J connectivity index is 1.58. The Labute approximate surface area is 133 Å². The highest BCUT2D eigenvalue weighted by Gasteiger charge is 2.15. The molecule has 0 aliphatic rings. The molecule has 0 saturated heterocycles. The number of nitrogens with one attached hydrogen (secondary N) is 2. The Morgan fingerprint density at radius 3 is 2.68 bits per heavy atom. The molecule has 0 unspecified atom stereocenters. The molecule has 0 saturated carbocycles. The number of nitrogens with zero attached hydrogens (tertiary/aromatic N) is 1. The van der Waals surface area contributed by atoms with E-state index in [1.165, 1.54) is 17.6 Å². The van der Waals surface area contributed by atoms with Crippen LogP contribution in [0.15, 0.2) is 45.7 Å². The third-order valence-corrected chi connectivity index (χ3v) is 4.45. The minimum absolute atomic E-state index is 0.000302. The molecule has 3 aromatic heterocycles. The summed E-state index contributed by atoms with van der Waals surface area (Å²) in [6.07, 6.45) is 1.22. The number of hydrogen-bond acceptors (Lipinski definition) is 6. The molecule has 112 valence electrons. The van der Waals surface area contributed by atoms with Crippen LogP contribution in [0.3, 0.4) is 0 Å². The number of carbonyl (C=O) groups is 2. The minimum atomic E-state index is -0.353. The monoisotopic (exact) mass is 333 g/mol. The Hall–Kier alpha value is -2.45. The van der Waals surface area contributed by atoms with Crippen LogP contribution in [0.4, 0.5) is 6.01 Å². The van der Waals surface area contributed by atoms with Gasteiger partial charge in [0.15, 0.2) is 5.69 Å². The lowest BCUT2D eigenvalue weighted by Crippen LogP contribution is -2.22.